The van der Waals surface area contributed by atoms with Crippen molar-refractivity contribution in [2.45, 2.75) is 19.4 Å². The molecule has 1 aliphatic heterocycles. The number of halogens is 2. The number of likely N-dealkylation sites (N-methyl/N-ethyl adjacent to an activating group) is 1. The molecule has 0 fully saturated rings. The normalized spacial score (nSPS) is 16.0. The van der Waals surface area contributed by atoms with E-state index >= 15 is 0 Å². The van der Waals surface area contributed by atoms with Crippen LogP contribution in [0.4, 0.5) is 0 Å². The maximum Gasteiger partial charge on any atom is 0.216 e. The summed E-state index contributed by atoms with van der Waals surface area (Å²) in [5.74, 6) is 0.0630. The first-order valence-electron chi connectivity index (χ1n) is 11.9. The van der Waals surface area contributed by atoms with Gasteiger partial charge in [0.25, 0.3) is 0 Å². The lowest BCUT2D eigenvalue weighted by Gasteiger charge is -2.34. The number of carbonyl (C=O) groups excluding carboxylic acids is 1. The van der Waals surface area contributed by atoms with Crippen molar-refractivity contribution in [2.24, 2.45) is 0 Å². The average Bonchev–Trinajstić information content (AvgIpc) is 2.82. The van der Waals surface area contributed by atoms with E-state index in [0.717, 1.165) is 34.7 Å². The van der Waals surface area contributed by atoms with Crippen LogP contribution < -0.4 is 10.0 Å². The highest BCUT2D eigenvalue weighted by Gasteiger charge is 2.27. The van der Waals surface area contributed by atoms with Crippen LogP contribution in [0.15, 0.2) is 47.9 Å². The van der Waals surface area contributed by atoms with Crippen molar-refractivity contribution in [1.82, 2.24) is 14.9 Å². The van der Waals surface area contributed by atoms with Crippen molar-refractivity contribution in [3.63, 3.8) is 0 Å². The van der Waals surface area contributed by atoms with E-state index in [1.54, 1.807) is 6.07 Å². The highest BCUT2D eigenvalue weighted by Crippen LogP contribution is 2.39. The Morgan fingerprint density at radius 2 is 1.78 bits per heavy atom. The Bertz CT molecular complexity index is 913. The third-order valence-electron chi connectivity index (χ3n) is 5.37. The molecule has 1 amide bonds. The Hall–Kier alpha value is -1.36. The Labute approximate surface area is 229 Å². The molecule has 1 aliphatic rings. The molecule has 2 N–H and O–H groups in total. The zero-order valence-electron chi connectivity index (χ0n) is 21.1. The molecule has 0 aromatic heterocycles. The molecule has 1 aromatic carbocycles. The molecule has 0 aliphatic carbocycles. The molecule has 0 saturated carbocycles. The minimum absolute atomic E-state index is 0.0580. The van der Waals surface area contributed by atoms with Gasteiger partial charge in [0.05, 0.1) is 39.6 Å². The molecule has 1 atom stereocenters. The maximum absolute atomic E-state index is 10.7. The fourth-order valence-electron chi connectivity index (χ4n) is 3.75. The maximum atomic E-state index is 10.7. The fraction of sp³-hybridized carbons (Fsp3) is 0.500. The highest BCUT2D eigenvalue weighted by molar-refractivity contribution is 8.01. The second-order valence-corrected chi connectivity index (χ2v) is 10.2. The molecule has 1 aromatic rings. The van der Waals surface area contributed by atoms with Gasteiger partial charge in [0, 0.05) is 54.0 Å². The van der Waals surface area contributed by atoms with E-state index in [9.17, 15) is 4.79 Å². The van der Waals surface area contributed by atoms with Crippen LogP contribution in [0.5, 0.6) is 0 Å². The summed E-state index contributed by atoms with van der Waals surface area (Å²) in [6, 6.07) is 3.81. The molecular weight excluding hydrogens is 521 g/mol. The largest absolute Gasteiger partial charge is 0.378 e. The molecule has 0 radical (unpaired) electrons. The van der Waals surface area contributed by atoms with Crippen LogP contribution in [0.3, 0.4) is 0 Å². The standard InChI is InChI=1S/C26H37Cl2N3O4S/c1-5-21(24-17-31(4)18-25-23(24)15-22(27)16-26(25)28)14-19(2)36-30-7-9-34-11-13-35-12-10-33-8-6-29-20(3)32/h5,14-16,24,30H,1-2,6-13,17-18H2,3-4H3,(H,29,32)/b21-14+. The summed E-state index contributed by atoms with van der Waals surface area (Å²) in [5, 5.41) is 4.01. The second kappa shape index (κ2) is 17.2. The number of rotatable bonds is 17. The van der Waals surface area contributed by atoms with Crippen LogP contribution in [0.2, 0.25) is 10.0 Å². The van der Waals surface area contributed by atoms with Crippen LogP contribution in [-0.2, 0) is 25.5 Å². The van der Waals surface area contributed by atoms with Gasteiger partial charge in [-0.05, 0) is 53.9 Å². The van der Waals surface area contributed by atoms with E-state index in [-0.39, 0.29) is 11.8 Å². The zero-order chi connectivity index (χ0) is 26.3. The number of nitrogens with one attached hydrogen (secondary N) is 2. The monoisotopic (exact) mass is 557 g/mol. The first-order valence-corrected chi connectivity index (χ1v) is 13.5. The number of benzene rings is 1. The third kappa shape index (κ3) is 11.4. The van der Waals surface area contributed by atoms with Crippen molar-refractivity contribution in [3.8, 4) is 0 Å². The molecule has 0 bridgehead atoms. The van der Waals surface area contributed by atoms with Gasteiger partial charge in [-0.15, -0.1) is 0 Å². The molecule has 2 rings (SSSR count). The highest BCUT2D eigenvalue weighted by atomic mass is 35.5. The quantitative estimate of drug-likeness (QED) is 0.165. The molecule has 36 heavy (non-hydrogen) atoms. The smallest absolute Gasteiger partial charge is 0.216 e. The molecular formula is C26H37Cl2N3O4S. The summed E-state index contributed by atoms with van der Waals surface area (Å²) in [6.07, 6.45) is 3.94. The van der Waals surface area contributed by atoms with Crippen molar-refractivity contribution in [2.75, 3.05) is 66.3 Å². The fourth-order valence-corrected chi connectivity index (χ4v) is 4.88. The van der Waals surface area contributed by atoms with E-state index in [1.807, 2.05) is 12.1 Å². The van der Waals surface area contributed by atoms with Crippen LogP contribution in [0, 0.1) is 0 Å². The van der Waals surface area contributed by atoms with Crippen molar-refractivity contribution >= 4 is 41.1 Å². The third-order valence-corrected chi connectivity index (χ3v) is 6.66. The van der Waals surface area contributed by atoms with Crippen LogP contribution in [0.1, 0.15) is 24.0 Å². The van der Waals surface area contributed by atoms with Crippen LogP contribution in [0.25, 0.3) is 0 Å². The van der Waals surface area contributed by atoms with E-state index in [0.29, 0.717) is 62.8 Å². The predicted molar refractivity (Wildman–Crippen MR) is 150 cm³/mol. The lowest BCUT2D eigenvalue weighted by molar-refractivity contribution is -0.119. The second-order valence-electron chi connectivity index (χ2n) is 8.34. The number of allylic oxidation sites excluding steroid dienone is 2. The summed E-state index contributed by atoms with van der Waals surface area (Å²) >= 11 is 14.3. The summed E-state index contributed by atoms with van der Waals surface area (Å²) in [6.45, 7) is 15.6. The summed E-state index contributed by atoms with van der Waals surface area (Å²) in [5.41, 5.74) is 3.34. The Balaban J connectivity index is 1.64. The summed E-state index contributed by atoms with van der Waals surface area (Å²) in [4.78, 5) is 13.9. The number of hydrogen-bond acceptors (Lipinski definition) is 7. The molecule has 10 heteroatoms. The molecule has 200 valence electrons. The molecule has 0 spiro atoms. The van der Waals surface area contributed by atoms with Crippen LogP contribution >= 0.6 is 35.1 Å². The summed E-state index contributed by atoms with van der Waals surface area (Å²) in [7, 11) is 2.09. The van der Waals surface area contributed by atoms with Gasteiger partial charge in [0.2, 0.25) is 5.91 Å². The van der Waals surface area contributed by atoms with E-state index in [4.69, 9.17) is 37.4 Å². The molecule has 1 unspecified atom stereocenters. The number of fused-ring (bicyclic) bond motifs is 1. The summed E-state index contributed by atoms with van der Waals surface area (Å²) < 4.78 is 19.6. The lowest BCUT2D eigenvalue weighted by Crippen LogP contribution is -2.31. The number of nitrogens with zero attached hydrogens (tertiary/aromatic N) is 1. The SMILES string of the molecule is C=C/C(=C\C(=C)SNCCOCCOCCOCCNC(C)=O)C1CN(C)Cc2c(Cl)cc(Cl)cc21. The van der Waals surface area contributed by atoms with Crippen molar-refractivity contribution < 1.29 is 19.0 Å². The minimum Gasteiger partial charge on any atom is -0.378 e. The van der Waals surface area contributed by atoms with E-state index in [1.165, 1.54) is 18.9 Å². The van der Waals surface area contributed by atoms with Gasteiger partial charge >= 0.3 is 0 Å². The van der Waals surface area contributed by atoms with E-state index in [2.05, 4.69) is 41.2 Å². The average molecular weight is 559 g/mol. The zero-order valence-corrected chi connectivity index (χ0v) is 23.4. The van der Waals surface area contributed by atoms with Gasteiger partial charge in [-0.3, -0.25) is 9.52 Å². The number of carbonyl (C=O) groups is 1. The molecule has 1 heterocycles. The Morgan fingerprint density at radius 1 is 1.14 bits per heavy atom. The van der Waals surface area contributed by atoms with Crippen molar-refractivity contribution in [1.29, 1.82) is 0 Å². The van der Waals surface area contributed by atoms with Crippen LogP contribution in [-0.4, -0.2) is 77.1 Å². The number of amides is 1. The Morgan fingerprint density at radius 3 is 2.42 bits per heavy atom. The Kier molecular flexibility index (Phi) is 14.7. The molecule has 7 nitrogen and oxygen atoms in total. The first-order chi connectivity index (χ1) is 17.3. The van der Waals surface area contributed by atoms with Gasteiger partial charge in [0.15, 0.2) is 0 Å². The lowest BCUT2D eigenvalue weighted by atomic mass is 9.84. The van der Waals surface area contributed by atoms with Gasteiger partial charge in [-0.25, -0.2) is 0 Å². The number of ether oxygens (including phenoxy) is 3. The van der Waals surface area contributed by atoms with E-state index < -0.39 is 0 Å². The van der Waals surface area contributed by atoms with Gasteiger partial charge in [0.1, 0.15) is 0 Å². The predicted octanol–water partition coefficient (Wildman–Crippen LogP) is 4.57. The molecule has 0 saturated heterocycles. The van der Waals surface area contributed by atoms with Gasteiger partial charge in [-0.1, -0.05) is 42.4 Å². The van der Waals surface area contributed by atoms with Gasteiger partial charge < -0.3 is 24.4 Å². The number of hydrogen-bond donors (Lipinski definition) is 2. The topological polar surface area (TPSA) is 72.1 Å². The minimum atomic E-state index is -0.0580. The van der Waals surface area contributed by atoms with Crippen molar-refractivity contribution in [3.05, 3.63) is 69.1 Å². The van der Waals surface area contributed by atoms with Gasteiger partial charge in [-0.2, -0.15) is 0 Å². The first kappa shape index (κ1) is 30.9.